The van der Waals surface area contributed by atoms with E-state index in [2.05, 4.69) is 9.97 Å². The van der Waals surface area contributed by atoms with Crippen LogP contribution in [-0.2, 0) is 7.05 Å². The highest BCUT2D eigenvalue weighted by Crippen LogP contribution is 2.33. The van der Waals surface area contributed by atoms with E-state index >= 15 is 0 Å². The van der Waals surface area contributed by atoms with E-state index in [1.54, 1.807) is 13.1 Å². The topological polar surface area (TPSA) is 50.9 Å². The Balaban J connectivity index is 2.34. The van der Waals surface area contributed by atoms with Gasteiger partial charge in [-0.1, -0.05) is 0 Å². The van der Waals surface area contributed by atoms with E-state index in [0.717, 1.165) is 0 Å². The maximum atomic E-state index is 13.9. The molecule has 7 heteroatoms. The third-order valence-corrected chi connectivity index (χ3v) is 3.06. The first-order chi connectivity index (χ1) is 9.50. The Morgan fingerprint density at radius 1 is 1.20 bits per heavy atom. The highest BCUT2D eigenvalue weighted by atomic mass is 19.2. The summed E-state index contributed by atoms with van der Waals surface area (Å²) in [4.78, 5) is 8.00. The minimum Gasteiger partial charge on any atom is -0.503 e. The van der Waals surface area contributed by atoms with E-state index in [4.69, 9.17) is 0 Å². The van der Waals surface area contributed by atoms with Gasteiger partial charge in [-0.05, 0) is 12.1 Å². The lowest BCUT2D eigenvalue weighted by Gasteiger charge is -2.07. The number of benzene rings is 1. The summed E-state index contributed by atoms with van der Waals surface area (Å²) < 4.78 is 41.8. The number of aryl methyl sites for hydroxylation is 1. The minimum atomic E-state index is -1.62. The molecule has 0 saturated carbocycles. The van der Waals surface area contributed by atoms with E-state index in [-0.39, 0.29) is 11.4 Å². The summed E-state index contributed by atoms with van der Waals surface area (Å²) in [5.41, 5.74) is 0.812. The van der Waals surface area contributed by atoms with E-state index in [0.29, 0.717) is 17.1 Å². The van der Waals surface area contributed by atoms with Crippen molar-refractivity contribution in [2.75, 3.05) is 0 Å². The van der Waals surface area contributed by atoms with Crippen molar-refractivity contribution < 1.29 is 18.3 Å². The highest BCUT2D eigenvalue weighted by molar-refractivity contribution is 5.80. The van der Waals surface area contributed by atoms with Gasteiger partial charge in [0.05, 0.1) is 17.3 Å². The Hall–Kier alpha value is -2.57. The van der Waals surface area contributed by atoms with Crippen molar-refractivity contribution in [3.8, 4) is 17.1 Å². The van der Waals surface area contributed by atoms with Crippen LogP contribution >= 0.6 is 0 Å². The zero-order chi connectivity index (χ0) is 14.4. The summed E-state index contributed by atoms with van der Waals surface area (Å²) in [5.74, 6) is -5.50. The summed E-state index contributed by atoms with van der Waals surface area (Å²) in [7, 11) is 1.60. The first kappa shape index (κ1) is 12.5. The van der Waals surface area contributed by atoms with Crippen molar-refractivity contribution in [1.82, 2.24) is 14.5 Å². The molecule has 20 heavy (non-hydrogen) atoms. The van der Waals surface area contributed by atoms with E-state index in [1.165, 1.54) is 17.0 Å². The largest absolute Gasteiger partial charge is 0.503 e. The van der Waals surface area contributed by atoms with Crippen LogP contribution in [0.15, 0.2) is 24.5 Å². The second-order valence-corrected chi connectivity index (χ2v) is 4.24. The van der Waals surface area contributed by atoms with E-state index in [9.17, 15) is 18.3 Å². The molecule has 1 N–H and O–H groups in total. The number of aromatic hydroxyl groups is 1. The maximum absolute atomic E-state index is 13.9. The first-order valence-corrected chi connectivity index (χ1v) is 5.64. The predicted molar refractivity (Wildman–Crippen MR) is 65.5 cm³/mol. The number of phenolic OH excluding ortho intramolecular Hbond substituents is 1. The number of halogens is 3. The molecule has 2 aromatic heterocycles. The first-order valence-electron chi connectivity index (χ1n) is 5.64. The van der Waals surface area contributed by atoms with Gasteiger partial charge in [0.15, 0.2) is 17.4 Å². The molecule has 102 valence electrons. The molecule has 4 nitrogen and oxygen atoms in total. The Morgan fingerprint density at radius 2 is 1.95 bits per heavy atom. The fraction of sp³-hybridized carbons (Fsp3) is 0.0769. The van der Waals surface area contributed by atoms with Crippen molar-refractivity contribution in [1.29, 1.82) is 0 Å². The Labute approximate surface area is 111 Å². The monoisotopic (exact) mass is 279 g/mol. The molecule has 0 atom stereocenters. The molecular weight excluding hydrogens is 271 g/mol. The quantitative estimate of drug-likeness (QED) is 0.697. The molecule has 0 aliphatic carbocycles. The van der Waals surface area contributed by atoms with E-state index in [1.807, 2.05) is 0 Å². The van der Waals surface area contributed by atoms with Crippen molar-refractivity contribution >= 4 is 11.0 Å². The van der Waals surface area contributed by atoms with Crippen molar-refractivity contribution in [2.45, 2.75) is 0 Å². The average molecular weight is 279 g/mol. The van der Waals surface area contributed by atoms with Crippen LogP contribution in [0.25, 0.3) is 22.4 Å². The number of aromatic nitrogens is 3. The third-order valence-electron chi connectivity index (χ3n) is 3.06. The zero-order valence-electron chi connectivity index (χ0n) is 10.2. The lowest BCUT2D eigenvalue weighted by molar-refractivity contribution is 0.377. The molecule has 0 saturated heterocycles. The van der Waals surface area contributed by atoms with Gasteiger partial charge in [-0.25, -0.2) is 13.8 Å². The van der Waals surface area contributed by atoms with Gasteiger partial charge in [-0.15, -0.1) is 0 Å². The molecule has 0 aliphatic rings. The van der Waals surface area contributed by atoms with Gasteiger partial charge >= 0.3 is 0 Å². The number of hydrogen-bond acceptors (Lipinski definition) is 3. The summed E-state index contributed by atoms with van der Waals surface area (Å²) in [5, 5.41) is 9.26. The highest BCUT2D eigenvalue weighted by Gasteiger charge is 2.22. The number of fused-ring (bicyclic) bond motifs is 1. The Bertz CT molecular complexity index is 829. The van der Waals surface area contributed by atoms with Gasteiger partial charge in [0.2, 0.25) is 5.82 Å². The van der Waals surface area contributed by atoms with Crippen LogP contribution in [0.4, 0.5) is 13.2 Å². The maximum Gasteiger partial charge on any atom is 0.203 e. The van der Waals surface area contributed by atoms with Crippen LogP contribution < -0.4 is 0 Å². The van der Waals surface area contributed by atoms with Crippen LogP contribution in [0.5, 0.6) is 5.75 Å². The number of nitrogens with zero attached hydrogens (tertiary/aromatic N) is 3. The number of hydrogen-bond donors (Lipinski definition) is 1. The smallest absolute Gasteiger partial charge is 0.203 e. The van der Waals surface area contributed by atoms with Crippen molar-refractivity contribution in [3.63, 3.8) is 0 Å². The normalized spacial score (nSPS) is 11.2. The molecule has 0 fully saturated rings. The Kier molecular flexibility index (Phi) is 2.63. The molecule has 1 aromatic carbocycles. The van der Waals surface area contributed by atoms with Crippen LogP contribution in [0.3, 0.4) is 0 Å². The lowest BCUT2D eigenvalue weighted by atomic mass is 10.1. The van der Waals surface area contributed by atoms with Crippen LogP contribution in [0.1, 0.15) is 0 Å². The summed E-state index contributed by atoms with van der Waals surface area (Å²) >= 11 is 0. The molecule has 0 bridgehead atoms. The fourth-order valence-electron chi connectivity index (χ4n) is 2.05. The second kappa shape index (κ2) is 4.22. The third kappa shape index (κ3) is 1.63. The Morgan fingerprint density at radius 3 is 2.65 bits per heavy atom. The van der Waals surface area contributed by atoms with Gasteiger partial charge in [-0.2, -0.15) is 4.39 Å². The molecule has 0 radical (unpaired) electrons. The number of rotatable bonds is 1. The average Bonchev–Trinajstić information content (AvgIpc) is 2.78. The lowest BCUT2D eigenvalue weighted by Crippen LogP contribution is -1.98. The molecule has 3 aromatic rings. The molecule has 0 amide bonds. The van der Waals surface area contributed by atoms with Gasteiger partial charge in [-0.3, -0.25) is 4.98 Å². The number of phenols is 1. The molecule has 2 heterocycles. The second-order valence-electron chi connectivity index (χ2n) is 4.24. The summed E-state index contributed by atoms with van der Waals surface area (Å²) in [6, 6.07) is 2.32. The van der Waals surface area contributed by atoms with Gasteiger partial charge in [0, 0.05) is 13.2 Å². The van der Waals surface area contributed by atoms with Gasteiger partial charge in [0.25, 0.3) is 0 Å². The van der Waals surface area contributed by atoms with Crippen molar-refractivity contribution in [2.24, 2.45) is 7.05 Å². The van der Waals surface area contributed by atoms with E-state index < -0.39 is 23.2 Å². The predicted octanol–water partition coefficient (Wildman–Crippen LogP) is 2.76. The fourth-order valence-corrected chi connectivity index (χ4v) is 2.05. The summed E-state index contributed by atoms with van der Waals surface area (Å²) in [6.45, 7) is 0. The molecule has 0 aliphatic heterocycles. The zero-order valence-corrected chi connectivity index (χ0v) is 10.2. The minimum absolute atomic E-state index is 0.0692. The van der Waals surface area contributed by atoms with Crippen LogP contribution in [0, 0.1) is 17.5 Å². The molecule has 3 rings (SSSR count). The van der Waals surface area contributed by atoms with Crippen molar-refractivity contribution in [3.05, 3.63) is 42.0 Å². The van der Waals surface area contributed by atoms with Crippen LogP contribution in [-0.4, -0.2) is 19.6 Å². The van der Waals surface area contributed by atoms with Gasteiger partial charge < -0.3 is 9.67 Å². The SMILES string of the molecule is Cn1c(-c2cc(F)c(F)c(O)c2F)nc2cnccc21. The van der Waals surface area contributed by atoms with Crippen LogP contribution in [0.2, 0.25) is 0 Å². The summed E-state index contributed by atoms with van der Waals surface area (Å²) in [6.07, 6.45) is 3.00. The molecule has 0 unspecified atom stereocenters. The molecule has 0 spiro atoms. The van der Waals surface area contributed by atoms with Gasteiger partial charge in [0.1, 0.15) is 11.3 Å². The number of imidazole rings is 1. The standard InChI is InChI=1S/C13H8F3N3O/c1-19-9-2-3-17-5-8(9)18-13(19)6-4-7(14)11(16)12(20)10(6)15/h2-5,20H,1H3. The number of pyridine rings is 1. The molecular formula is C13H8F3N3O.